The second-order valence-corrected chi connectivity index (χ2v) is 11.9. The first kappa shape index (κ1) is 30.6. The van der Waals surface area contributed by atoms with Crippen LogP contribution < -0.4 is 42.4 Å². The van der Waals surface area contributed by atoms with Gasteiger partial charge in [-0.05, 0) is 24.5 Å². The molecule has 1 fully saturated rings. The second-order valence-electron chi connectivity index (χ2n) is 11.5. The number of aliphatic hydroxyl groups is 2. The van der Waals surface area contributed by atoms with Crippen molar-refractivity contribution in [2.45, 2.75) is 18.3 Å². The number of benzene rings is 1. The summed E-state index contributed by atoms with van der Waals surface area (Å²) < 4.78 is 10.2. The molecule has 1 spiro atoms. The number of aromatic hydroxyl groups is 1. The van der Waals surface area contributed by atoms with E-state index in [0.717, 1.165) is 26.3 Å². The van der Waals surface area contributed by atoms with Crippen molar-refractivity contribution >= 4 is 40.1 Å². The van der Waals surface area contributed by atoms with Crippen molar-refractivity contribution in [3.05, 3.63) is 106 Å². The summed E-state index contributed by atoms with van der Waals surface area (Å²) in [4.78, 5) is 76.5. The number of pyridine rings is 1. The van der Waals surface area contributed by atoms with E-state index in [4.69, 9.17) is 25.9 Å². The summed E-state index contributed by atoms with van der Waals surface area (Å²) in [5.41, 5.74) is -6.87. The first-order chi connectivity index (χ1) is 22.5. The van der Waals surface area contributed by atoms with Gasteiger partial charge in [-0.15, -0.1) is 0 Å². The van der Waals surface area contributed by atoms with Gasteiger partial charge in [-0.3, -0.25) is 28.9 Å². The zero-order chi connectivity index (χ0) is 33.4. The molecule has 4 N–H and O–H groups in total. The van der Waals surface area contributed by atoms with E-state index in [9.17, 15) is 39.3 Å². The Morgan fingerprint density at radius 3 is 2.36 bits per heavy atom. The van der Waals surface area contributed by atoms with Crippen molar-refractivity contribution in [1.82, 2.24) is 9.88 Å². The number of morpholine rings is 1. The number of halogens is 1. The fourth-order valence-corrected chi connectivity index (χ4v) is 7.36. The van der Waals surface area contributed by atoms with E-state index >= 15 is 0 Å². The number of phenols is 1. The minimum atomic E-state index is -2.06. The lowest BCUT2D eigenvalue weighted by atomic mass is 9.78. The molecule has 5 aliphatic rings. The number of H-pyrrole nitrogens is 1. The zero-order valence-corrected chi connectivity index (χ0v) is 25.5. The smallest absolute Gasteiger partial charge is 0.260 e. The Labute approximate surface area is 267 Å². The number of aromatic nitrogens is 1. The standard InChI is InChI=1S/C32H26ClN3O11/c1-45-17-11-16(37)19-20(25(17)38)27(40)22-21(26(19)39)29(42)32(30(22)43)3-2-14-23(32)28(41)18-15(24(14)33)10-13(35-31(18)44)12-34-47-9-6-36-4-7-46-8-5-36/h10-12,41-43H,2-9H2,1H3,(H,35,44)/t32-/m0/s1. The van der Waals surface area contributed by atoms with Crippen LogP contribution in [0.3, 0.4) is 0 Å². The highest BCUT2D eigenvalue weighted by molar-refractivity contribution is 6.37. The number of aromatic amines is 1. The van der Waals surface area contributed by atoms with Crippen molar-refractivity contribution in [3.8, 4) is 11.5 Å². The molecule has 242 valence electrons. The summed E-state index contributed by atoms with van der Waals surface area (Å²) >= 11 is 6.81. The monoisotopic (exact) mass is 663 g/mol. The minimum Gasteiger partial charge on any atom is -0.510 e. The van der Waals surface area contributed by atoms with E-state index in [1.165, 1.54) is 12.3 Å². The lowest BCUT2D eigenvalue weighted by Crippen LogP contribution is -2.51. The summed E-state index contributed by atoms with van der Waals surface area (Å²) in [6.07, 6.45) is 1.15. The number of hydrogen-bond acceptors (Lipinski definition) is 13. The zero-order valence-electron chi connectivity index (χ0n) is 24.8. The Morgan fingerprint density at radius 2 is 1.68 bits per heavy atom. The molecule has 0 unspecified atom stereocenters. The molecule has 2 aromatic rings. The van der Waals surface area contributed by atoms with Crippen LogP contribution in [0.5, 0.6) is 11.5 Å². The molecule has 0 bridgehead atoms. The van der Waals surface area contributed by atoms with Crippen LogP contribution in [0.15, 0.2) is 41.3 Å². The van der Waals surface area contributed by atoms with Gasteiger partial charge in [0.1, 0.15) is 29.3 Å². The van der Waals surface area contributed by atoms with E-state index in [1.807, 2.05) is 0 Å². The third-order valence-corrected chi connectivity index (χ3v) is 9.68. The van der Waals surface area contributed by atoms with Crippen LogP contribution in [-0.4, -0.2) is 78.0 Å². The molecule has 15 heteroatoms. The maximum atomic E-state index is 13.7. The molecule has 1 aromatic carbocycles. The second kappa shape index (κ2) is 11.0. The summed E-state index contributed by atoms with van der Waals surface area (Å²) in [6.45, 7) is 3.83. The Bertz CT molecular complexity index is 2530. The highest BCUT2D eigenvalue weighted by Gasteiger charge is 2.53. The summed E-state index contributed by atoms with van der Waals surface area (Å²) in [6, 6.07) is 2.25. The lowest BCUT2D eigenvalue weighted by Gasteiger charge is -2.27. The molecule has 1 atom stereocenters. The maximum absolute atomic E-state index is 13.7. The molecule has 14 nitrogen and oxygen atoms in total. The Hall–Kier alpha value is -5.05. The molecule has 0 saturated carbocycles. The Morgan fingerprint density at radius 1 is 1.00 bits per heavy atom. The molecule has 1 aliphatic heterocycles. The Kier molecular flexibility index (Phi) is 7.19. The molecular formula is C32H26ClN3O11. The average molecular weight is 664 g/mol. The first-order valence-electron chi connectivity index (χ1n) is 14.6. The van der Waals surface area contributed by atoms with Gasteiger partial charge in [0.2, 0.25) is 16.3 Å². The van der Waals surface area contributed by atoms with Gasteiger partial charge in [0.05, 0.1) is 63.5 Å². The summed E-state index contributed by atoms with van der Waals surface area (Å²) in [5.74, 6) is -2.74. The number of rotatable bonds is 6. The lowest BCUT2D eigenvalue weighted by molar-refractivity contribution is 0.0214. The molecule has 47 heavy (non-hydrogen) atoms. The van der Waals surface area contributed by atoms with Gasteiger partial charge in [-0.2, -0.15) is 0 Å². The number of nitrogens with one attached hydrogen (secondary N) is 1. The normalized spacial score (nSPS) is 19.4. The highest BCUT2D eigenvalue weighted by atomic mass is 35.5. The summed E-state index contributed by atoms with van der Waals surface area (Å²) in [5, 5.41) is 35.8. The SMILES string of the molecule is COc1cc(=O)c2c(=O)c3c(c(=O)c=2c1=O)=C(O)[C@]1(CCc2c1c(O)c1c(=O)[nH]c(C=NOCCN4CCOCC4)cc1c2Cl)C=3O. The van der Waals surface area contributed by atoms with Crippen LogP contribution in [0.2, 0.25) is 5.02 Å². The minimum absolute atomic E-state index is 0.0264. The van der Waals surface area contributed by atoms with Gasteiger partial charge in [0.25, 0.3) is 5.56 Å². The molecule has 0 amide bonds. The number of hydrogen-bond donors (Lipinski definition) is 4. The molecule has 1 aromatic heterocycles. The maximum Gasteiger partial charge on any atom is 0.260 e. The number of phenolic OH excluding ortho intramolecular Hbond substituents is 1. The van der Waals surface area contributed by atoms with Crippen LogP contribution in [0.4, 0.5) is 0 Å². The number of ether oxygens (including phenoxy) is 2. The molecule has 0 radical (unpaired) electrons. The van der Waals surface area contributed by atoms with Crippen LogP contribution >= 0.6 is 11.6 Å². The number of nitrogens with zero attached hydrogens (tertiary/aromatic N) is 2. The largest absolute Gasteiger partial charge is 0.510 e. The predicted molar refractivity (Wildman–Crippen MR) is 169 cm³/mol. The summed E-state index contributed by atoms with van der Waals surface area (Å²) in [7, 11) is 1.11. The topological polar surface area (TPSA) is 205 Å². The fourth-order valence-electron chi connectivity index (χ4n) is 7.02. The van der Waals surface area contributed by atoms with Crippen molar-refractivity contribution in [2.24, 2.45) is 5.16 Å². The van der Waals surface area contributed by atoms with Gasteiger partial charge in [0.15, 0.2) is 11.2 Å². The van der Waals surface area contributed by atoms with E-state index in [0.29, 0.717) is 26.4 Å². The van der Waals surface area contributed by atoms with Crippen LogP contribution in [0, 0.1) is 10.4 Å². The van der Waals surface area contributed by atoms with Crippen molar-refractivity contribution < 1.29 is 29.6 Å². The molecule has 7 rings (SSSR count). The molecule has 4 aliphatic carbocycles. The molecular weight excluding hydrogens is 638 g/mol. The number of methoxy groups -OCH3 is 1. The molecule has 2 heterocycles. The van der Waals surface area contributed by atoms with Crippen LogP contribution in [0.1, 0.15) is 23.2 Å². The van der Waals surface area contributed by atoms with Crippen LogP contribution in [0.25, 0.3) is 22.3 Å². The number of oxime groups is 1. The highest BCUT2D eigenvalue weighted by Crippen LogP contribution is 2.56. The fraction of sp³-hybridized carbons (Fsp3) is 0.312. The van der Waals surface area contributed by atoms with E-state index in [-0.39, 0.29) is 45.5 Å². The van der Waals surface area contributed by atoms with Crippen molar-refractivity contribution in [3.63, 3.8) is 0 Å². The van der Waals surface area contributed by atoms with Crippen molar-refractivity contribution in [2.75, 3.05) is 46.6 Å². The van der Waals surface area contributed by atoms with Gasteiger partial charge in [0, 0.05) is 36.7 Å². The van der Waals surface area contributed by atoms with Gasteiger partial charge in [-0.1, -0.05) is 16.8 Å². The quantitative estimate of drug-likeness (QED) is 0.110. The van der Waals surface area contributed by atoms with E-state index in [1.54, 1.807) is 0 Å². The van der Waals surface area contributed by atoms with Crippen molar-refractivity contribution in [1.29, 1.82) is 0 Å². The predicted octanol–water partition coefficient (Wildman–Crippen LogP) is -1.15. The first-order valence-corrected chi connectivity index (χ1v) is 15.0. The average Bonchev–Trinajstić information content (AvgIpc) is 3.57. The molecule has 1 saturated heterocycles. The van der Waals surface area contributed by atoms with Crippen LogP contribution in [-0.2, 0) is 21.4 Å². The number of aliphatic hydroxyl groups excluding tert-OH is 2. The van der Waals surface area contributed by atoms with Gasteiger partial charge >= 0.3 is 0 Å². The third-order valence-electron chi connectivity index (χ3n) is 9.25. The van der Waals surface area contributed by atoms with Gasteiger partial charge in [-0.25, -0.2) is 0 Å². The number of fused-ring (bicyclic) bond motifs is 4. The Balaban J connectivity index is 1.37. The van der Waals surface area contributed by atoms with E-state index < -0.39 is 76.6 Å². The van der Waals surface area contributed by atoms with E-state index in [2.05, 4.69) is 15.0 Å². The third kappa shape index (κ3) is 4.25. The van der Waals surface area contributed by atoms with Gasteiger partial charge < -0.3 is 34.6 Å².